The van der Waals surface area contributed by atoms with Gasteiger partial charge < -0.3 is 9.64 Å². The Morgan fingerprint density at radius 1 is 1.15 bits per heavy atom. The van der Waals surface area contributed by atoms with Gasteiger partial charge in [-0.25, -0.2) is 13.6 Å². The van der Waals surface area contributed by atoms with Crippen molar-refractivity contribution in [2.24, 2.45) is 0 Å². The standard InChI is InChI=1S/C27H29F2NO3/c1-6-11-33-26(32)25-17(2)30(16-18-12-21(28)14-22(29)13-18)24(31)15-23(25)19-7-9-20(10-8-19)27(3,4)5/h6-10,12-14,23H,1,11,15-16H2,2-5H3/t23-/m1/s1. The monoisotopic (exact) mass is 453 g/mol. The maximum Gasteiger partial charge on any atom is 0.336 e. The third-order valence-corrected chi connectivity index (χ3v) is 5.82. The van der Waals surface area contributed by atoms with E-state index in [1.165, 1.54) is 23.1 Å². The first-order valence-corrected chi connectivity index (χ1v) is 10.9. The third kappa shape index (κ3) is 5.56. The van der Waals surface area contributed by atoms with Crippen molar-refractivity contribution >= 4 is 11.9 Å². The largest absolute Gasteiger partial charge is 0.458 e. The molecule has 174 valence electrons. The molecule has 0 radical (unpaired) electrons. The molecule has 1 atom stereocenters. The van der Waals surface area contributed by atoms with Crippen molar-refractivity contribution in [3.63, 3.8) is 0 Å². The van der Waals surface area contributed by atoms with E-state index in [1.54, 1.807) is 6.92 Å². The predicted molar refractivity (Wildman–Crippen MR) is 123 cm³/mol. The van der Waals surface area contributed by atoms with Crippen molar-refractivity contribution in [1.82, 2.24) is 4.90 Å². The number of allylic oxidation sites excluding steroid dienone is 1. The van der Waals surface area contributed by atoms with Crippen LogP contribution in [0.25, 0.3) is 0 Å². The summed E-state index contributed by atoms with van der Waals surface area (Å²) in [6.07, 6.45) is 1.52. The molecule has 0 N–H and O–H groups in total. The van der Waals surface area contributed by atoms with Crippen molar-refractivity contribution < 1.29 is 23.1 Å². The Morgan fingerprint density at radius 3 is 2.30 bits per heavy atom. The van der Waals surface area contributed by atoms with Gasteiger partial charge in [-0.2, -0.15) is 0 Å². The number of carbonyl (C=O) groups excluding carboxylic acids is 2. The lowest BCUT2D eigenvalue weighted by molar-refractivity contribution is -0.139. The minimum atomic E-state index is -0.724. The van der Waals surface area contributed by atoms with Crippen LogP contribution in [-0.4, -0.2) is 23.4 Å². The summed E-state index contributed by atoms with van der Waals surface area (Å²) in [7, 11) is 0. The Bertz CT molecular complexity index is 1080. The van der Waals surface area contributed by atoms with Gasteiger partial charge in [-0.15, -0.1) is 0 Å². The van der Waals surface area contributed by atoms with Gasteiger partial charge in [-0.3, -0.25) is 4.79 Å². The van der Waals surface area contributed by atoms with Crippen LogP contribution in [0, 0.1) is 11.6 Å². The van der Waals surface area contributed by atoms with Crippen LogP contribution in [0.1, 0.15) is 56.7 Å². The quantitative estimate of drug-likeness (QED) is 0.411. The summed E-state index contributed by atoms with van der Waals surface area (Å²) in [5.41, 5.74) is 3.01. The lowest BCUT2D eigenvalue weighted by atomic mass is 9.81. The highest BCUT2D eigenvalue weighted by Crippen LogP contribution is 2.38. The van der Waals surface area contributed by atoms with Crippen molar-refractivity contribution in [3.8, 4) is 0 Å². The van der Waals surface area contributed by atoms with Crippen molar-refractivity contribution in [1.29, 1.82) is 0 Å². The molecule has 1 heterocycles. The minimum absolute atomic E-state index is 0.0323. The van der Waals surface area contributed by atoms with E-state index < -0.39 is 23.5 Å². The molecule has 0 unspecified atom stereocenters. The number of benzene rings is 2. The summed E-state index contributed by atoms with van der Waals surface area (Å²) in [5.74, 6) is -2.70. The summed E-state index contributed by atoms with van der Waals surface area (Å²) in [4.78, 5) is 27.5. The van der Waals surface area contributed by atoms with E-state index in [1.807, 2.05) is 24.3 Å². The Labute approximate surface area is 193 Å². The molecule has 0 saturated heterocycles. The molecule has 0 bridgehead atoms. The molecule has 0 spiro atoms. The maximum atomic E-state index is 13.7. The lowest BCUT2D eigenvalue weighted by Gasteiger charge is -2.34. The number of hydrogen-bond donors (Lipinski definition) is 0. The molecule has 2 aromatic carbocycles. The van der Waals surface area contributed by atoms with Crippen LogP contribution < -0.4 is 0 Å². The fraction of sp³-hybridized carbons (Fsp3) is 0.333. The van der Waals surface area contributed by atoms with E-state index in [0.717, 1.165) is 17.2 Å². The second-order valence-corrected chi connectivity index (χ2v) is 9.27. The van der Waals surface area contributed by atoms with Crippen LogP contribution >= 0.6 is 0 Å². The van der Waals surface area contributed by atoms with E-state index in [2.05, 4.69) is 27.4 Å². The lowest BCUT2D eigenvalue weighted by Crippen LogP contribution is -2.38. The number of hydrogen-bond acceptors (Lipinski definition) is 3. The average Bonchev–Trinajstić information content (AvgIpc) is 2.73. The van der Waals surface area contributed by atoms with Crippen molar-refractivity contribution in [2.75, 3.05) is 6.61 Å². The number of halogens is 2. The molecule has 4 nitrogen and oxygen atoms in total. The first-order valence-electron chi connectivity index (χ1n) is 10.9. The van der Waals surface area contributed by atoms with Crippen LogP contribution in [0.5, 0.6) is 0 Å². The Morgan fingerprint density at radius 2 is 1.76 bits per heavy atom. The van der Waals surface area contributed by atoms with Gasteiger partial charge in [0.1, 0.15) is 18.2 Å². The van der Waals surface area contributed by atoms with E-state index in [4.69, 9.17) is 4.74 Å². The number of ether oxygens (including phenoxy) is 1. The smallest absolute Gasteiger partial charge is 0.336 e. The van der Waals surface area contributed by atoms with E-state index in [9.17, 15) is 18.4 Å². The van der Waals surface area contributed by atoms with Crippen LogP contribution in [0.2, 0.25) is 0 Å². The van der Waals surface area contributed by atoms with Gasteiger partial charge in [0.15, 0.2) is 0 Å². The van der Waals surface area contributed by atoms with Gasteiger partial charge >= 0.3 is 5.97 Å². The van der Waals surface area contributed by atoms with Gasteiger partial charge in [-0.1, -0.05) is 57.7 Å². The molecule has 1 aliphatic rings. The number of carbonyl (C=O) groups is 2. The second kappa shape index (κ2) is 9.69. The molecule has 0 saturated carbocycles. The zero-order valence-electron chi connectivity index (χ0n) is 19.5. The van der Waals surface area contributed by atoms with Crippen LogP contribution in [0.4, 0.5) is 8.78 Å². The van der Waals surface area contributed by atoms with Gasteiger partial charge in [0.05, 0.1) is 12.1 Å². The molecule has 1 aliphatic heterocycles. The first kappa shape index (κ1) is 24.4. The molecule has 6 heteroatoms. The molecule has 0 aliphatic carbocycles. The van der Waals surface area contributed by atoms with Crippen molar-refractivity contribution in [2.45, 2.75) is 52.0 Å². The molecule has 3 rings (SSSR count). The van der Waals surface area contributed by atoms with Crippen LogP contribution in [0.15, 0.2) is 66.4 Å². The highest BCUT2D eigenvalue weighted by molar-refractivity contribution is 5.95. The van der Waals surface area contributed by atoms with E-state index in [-0.39, 0.29) is 30.9 Å². The summed E-state index contributed by atoms with van der Waals surface area (Å²) in [6, 6.07) is 11.0. The molecular formula is C27H29F2NO3. The number of amides is 1. The van der Waals surface area contributed by atoms with Crippen LogP contribution in [0.3, 0.4) is 0 Å². The fourth-order valence-corrected chi connectivity index (χ4v) is 4.07. The molecular weight excluding hydrogens is 424 g/mol. The zero-order chi connectivity index (χ0) is 24.3. The molecule has 0 aromatic heterocycles. The summed E-state index contributed by atoms with van der Waals surface area (Å²) >= 11 is 0. The Kier molecular flexibility index (Phi) is 7.15. The van der Waals surface area contributed by atoms with Gasteiger partial charge in [0.2, 0.25) is 5.91 Å². The molecule has 0 fully saturated rings. The Hall–Kier alpha value is -3.28. The van der Waals surface area contributed by atoms with E-state index >= 15 is 0 Å². The number of rotatable bonds is 6. The average molecular weight is 454 g/mol. The zero-order valence-corrected chi connectivity index (χ0v) is 19.5. The van der Waals surface area contributed by atoms with Crippen LogP contribution in [-0.2, 0) is 26.3 Å². The summed E-state index contributed by atoms with van der Waals surface area (Å²) in [6.45, 7) is 11.6. The normalized spacial score (nSPS) is 16.7. The highest BCUT2D eigenvalue weighted by Gasteiger charge is 2.37. The number of esters is 1. The third-order valence-electron chi connectivity index (χ3n) is 5.82. The molecule has 2 aromatic rings. The molecule has 1 amide bonds. The fourth-order valence-electron chi connectivity index (χ4n) is 4.07. The van der Waals surface area contributed by atoms with Gasteiger partial charge in [0.25, 0.3) is 0 Å². The second-order valence-electron chi connectivity index (χ2n) is 9.27. The number of nitrogens with zero attached hydrogens (tertiary/aromatic N) is 1. The van der Waals surface area contributed by atoms with Crippen molar-refractivity contribution in [3.05, 3.63) is 94.7 Å². The maximum absolute atomic E-state index is 13.7. The van der Waals surface area contributed by atoms with E-state index in [0.29, 0.717) is 16.8 Å². The van der Waals surface area contributed by atoms with Gasteiger partial charge in [0, 0.05) is 24.1 Å². The topological polar surface area (TPSA) is 46.6 Å². The summed E-state index contributed by atoms with van der Waals surface area (Å²) < 4.78 is 32.7. The first-order chi connectivity index (χ1) is 15.5. The Balaban J connectivity index is 2.03. The SMILES string of the molecule is C=CCOC(=O)C1=C(C)N(Cc2cc(F)cc(F)c2)C(=O)C[C@@H]1c1ccc(C(C)(C)C)cc1. The highest BCUT2D eigenvalue weighted by atomic mass is 19.1. The minimum Gasteiger partial charge on any atom is -0.458 e. The predicted octanol–water partition coefficient (Wildman–Crippen LogP) is 5.78. The molecule has 33 heavy (non-hydrogen) atoms. The summed E-state index contributed by atoms with van der Waals surface area (Å²) in [5, 5.41) is 0. The van der Waals surface area contributed by atoms with Gasteiger partial charge in [-0.05, 0) is 41.2 Å².